The SMILES string of the molecule is Cc1cc(F)ccc1NC(=O)C(=O)NC(CCO)c1ccccc1. The van der Waals surface area contributed by atoms with Crippen LogP contribution < -0.4 is 10.6 Å². The van der Waals surface area contributed by atoms with E-state index in [1.54, 1.807) is 6.92 Å². The van der Waals surface area contributed by atoms with Crippen LogP contribution >= 0.6 is 0 Å². The summed E-state index contributed by atoms with van der Waals surface area (Å²) < 4.78 is 13.1. The first-order valence-corrected chi connectivity index (χ1v) is 7.55. The number of rotatable bonds is 5. The third-order valence-electron chi connectivity index (χ3n) is 3.57. The largest absolute Gasteiger partial charge is 0.396 e. The molecule has 1 atom stereocenters. The second-order valence-corrected chi connectivity index (χ2v) is 5.36. The molecule has 2 aromatic carbocycles. The molecule has 0 bridgehead atoms. The Morgan fingerprint density at radius 3 is 2.46 bits per heavy atom. The Hall–Kier alpha value is -2.73. The first-order valence-electron chi connectivity index (χ1n) is 7.55. The summed E-state index contributed by atoms with van der Waals surface area (Å²) in [6.45, 7) is 1.51. The van der Waals surface area contributed by atoms with E-state index in [0.29, 0.717) is 17.7 Å². The van der Waals surface area contributed by atoms with Crippen molar-refractivity contribution in [3.63, 3.8) is 0 Å². The first kappa shape index (κ1) is 17.6. The normalized spacial score (nSPS) is 11.6. The van der Waals surface area contributed by atoms with Gasteiger partial charge in [0.1, 0.15) is 5.82 Å². The number of hydrogen-bond acceptors (Lipinski definition) is 3. The summed E-state index contributed by atoms with van der Waals surface area (Å²) in [7, 11) is 0. The van der Waals surface area contributed by atoms with E-state index in [9.17, 15) is 14.0 Å². The van der Waals surface area contributed by atoms with Crippen LogP contribution in [0.25, 0.3) is 0 Å². The van der Waals surface area contributed by atoms with Crippen LogP contribution in [0.3, 0.4) is 0 Å². The third-order valence-corrected chi connectivity index (χ3v) is 3.57. The number of halogens is 1. The average Bonchev–Trinajstić information content (AvgIpc) is 2.57. The Morgan fingerprint density at radius 1 is 1.12 bits per heavy atom. The highest BCUT2D eigenvalue weighted by Crippen LogP contribution is 2.17. The molecular weight excluding hydrogens is 311 g/mol. The van der Waals surface area contributed by atoms with Gasteiger partial charge < -0.3 is 15.7 Å². The highest BCUT2D eigenvalue weighted by Gasteiger charge is 2.20. The van der Waals surface area contributed by atoms with E-state index in [-0.39, 0.29) is 6.61 Å². The van der Waals surface area contributed by atoms with Gasteiger partial charge in [-0.1, -0.05) is 30.3 Å². The van der Waals surface area contributed by atoms with E-state index < -0.39 is 23.7 Å². The number of carbonyl (C=O) groups is 2. The predicted molar refractivity (Wildman–Crippen MR) is 88.8 cm³/mol. The van der Waals surface area contributed by atoms with Gasteiger partial charge >= 0.3 is 11.8 Å². The zero-order valence-corrected chi connectivity index (χ0v) is 13.3. The van der Waals surface area contributed by atoms with Crippen LogP contribution in [0.2, 0.25) is 0 Å². The van der Waals surface area contributed by atoms with Crippen LogP contribution in [0, 0.1) is 12.7 Å². The molecule has 2 rings (SSSR count). The molecule has 0 aliphatic carbocycles. The summed E-state index contributed by atoms with van der Waals surface area (Å²) in [5.41, 5.74) is 1.69. The van der Waals surface area contributed by atoms with Gasteiger partial charge in [-0.3, -0.25) is 9.59 Å². The topological polar surface area (TPSA) is 78.4 Å². The monoisotopic (exact) mass is 330 g/mol. The van der Waals surface area contributed by atoms with Crippen molar-refractivity contribution >= 4 is 17.5 Å². The van der Waals surface area contributed by atoms with Crippen molar-refractivity contribution in [2.75, 3.05) is 11.9 Å². The number of aryl methyl sites for hydroxylation is 1. The number of nitrogens with one attached hydrogen (secondary N) is 2. The molecule has 0 spiro atoms. The minimum atomic E-state index is -0.844. The molecule has 0 saturated carbocycles. The standard InChI is InChI=1S/C18H19FN2O3/c1-12-11-14(19)7-8-15(12)20-17(23)18(24)21-16(9-10-22)13-5-3-2-4-6-13/h2-8,11,16,22H,9-10H2,1H3,(H,20,23)(H,21,24). The van der Waals surface area contributed by atoms with E-state index in [0.717, 1.165) is 5.56 Å². The summed E-state index contributed by atoms with van der Waals surface area (Å²) in [5.74, 6) is -2.08. The number of benzene rings is 2. The van der Waals surface area contributed by atoms with Crippen molar-refractivity contribution in [1.29, 1.82) is 0 Å². The first-order chi connectivity index (χ1) is 11.5. The number of anilines is 1. The second-order valence-electron chi connectivity index (χ2n) is 5.36. The molecule has 24 heavy (non-hydrogen) atoms. The fourth-order valence-corrected chi connectivity index (χ4v) is 2.31. The number of aliphatic hydroxyl groups excluding tert-OH is 1. The van der Waals surface area contributed by atoms with Crippen LogP contribution in [0.15, 0.2) is 48.5 Å². The number of hydrogen-bond donors (Lipinski definition) is 3. The molecule has 126 valence electrons. The van der Waals surface area contributed by atoms with Crippen molar-refractivity contribution in [2.24, 2.45) is 0 Å². The van der Waals surface area contributed by atoms with Crippen molar-refractivity contribution in [1.82, 2.24) is 5.32 Å². The number of amides is 2. The summed E-state index contributed by atoms with van der Waals surface area (Å²) in [6, 6.07) is 12.5. The molecule has 0 aliphatic heterocycles. The lowest BCUT2D eigenvalue weighted by atomic mass is 10.0. The van der Waals surface area contributed by atoms with Gasteiger partial charge in [0.15, 0.2) is 0 Å². The van der Waals surface area contributed by atoms with E-state index in [1.165, 1.54) is 18.2 Å². The van der Waals surface area contributed by atoms with Gasteiger partial charge in [0.25, 0.3) is 0 Å². The average molecular weight is 330 g/mol. The summed E-state index contributed by atoms with van der Waals surface area (Å²) >= 11 is 0. The van der Waals surface area contributed by atoms with Crippen LogP contribution in [0.1, 0.15) is 23.6 Å². The van der Waals surface area contributed by atoms with E-state index in [1.807, 2.05) is 30.3 Å². The Labute approximate surface area is 139 Å². The van der Waals surface area contributed by atoms with E-state index >= 15 is 0 Å². The quantitative estimate of drug-likeness (QED) is 0.736. The fraction of sp³-hybridized carbons (Fsp3) is 0.222. The van der Waals surface area contributed by atoms with Gasteiger partial charge in [-0.25, -0.2) is 4.39 Å². The highest BCUT2D eigenvalue weighted by atomic mass is 19.1. The summed E-state index contributed by atoms with van der Waals surface area (Å²) in [5, 5.41) is 14.2. The Morgan fingerprint density at radius 2 is 1.83 bits per heavy atom. The third kappa shape index (κ3) is 4.63. The lowest BCUT2D eigenvalue weighted by Gasteiger charge is -2.18. The van der Waals surface area contributed by atoms with Crippen LogP contribution in [-0.2, 0) is 9.59 Å². The van der Waals surface area contributed by atoms with E-state index in [4.69, 9.17) is 5.11 Å². The summed E-state index contributed by atoms with van der Waals surface area (Å²) in [6.07, 6.45) is 0.290. The van der Waals surface area contributed by atoms with Crippen molar-refractivity contribution in [3.05, 3.63) is 65.5 Å². The lowest BCUT2D eigenvalue weighted by Crippen LogP contribution is -2.38. The van der Waals surface area contributed by atoms with E-state index in [2.05, 4.69) is 10.6 Å². The van der Waals surface area contributed by atoms with Crippen LogP contribution in [-0.4, -0.2) is 23.5 Å². The predicted octanol–water partition coefficient (Wildman–Crippen LogP) is 2.31. The smallest absolute Gasteiger partial charge is 0.313 e. The fourth-order valence-electron chi connectivity index (χ4n) is 2.31. The number of aliphatic hydroxyl groups is 1. The molecule has 0 heterocycles. The van der Waals surface area contributed by atoms with Crippen LogP contribution in [0.5, 0.6) is 0 Å². The molecule has 0 aliphatic rings. The van der Waals surface area contributed by atoms with Gasteiger partial charge in [0.05, 0.1) is 6.04 Å². The molecule has 0 radical (unpaired) electrons. The molecule has 5 nitrogen and oxygen atoms in total. The molecular formula is C18H19FN2O3. The molecule has 1 unspecified atom stereocenters. The lowest BCUT2D eigenvalue weighted by molar-refractivity contribution is -0.136. The zero-order valence-electron chi connectivity index (χ0n) is 13.3. The minimum Gasteiger partial charge on any atom is -0.396 e. The molecule has 0 aromatic heterocycles. The molecule has 0 fully saturated rings. The maximum absolute atomic E-state index is 13.1. The minimum absolute atomic E-state index is 0.126. The Balaban J connectivity index is 2.05. The van der Waals surface area contributed by atoms with Gasteiger partial charge in [0.2, 0.25) is 0 Å². The van der Waals surface area contributed by atoms with Crippen molar-refractivity contribution in [2.45, 2.75) is 19.4 Å². The van der Waals surface area contributed by atoms with Gasteiger partial charge in [0, 0.05) is 12.3 Å². The van der Waals surface area contributed by atoms with Gasteiger partial charge in [-0.05, 0) is 42.7 Å². The van der Waals surface area contributed by atoms with Gasteiger partial charge in [-0.15, -0.1) is 0 Å². The molecule has 0 saturated heterocycles. The molecule has 3 N–H and O–H groups in total. The maximum Gasteiger partial charge on any atom is 0.313 e. The van der Waals surface area contributed by atoms with Crippen LogP contribution in [0.4, 0.5) is 10.1 Å². The molecule has 2 aromatic rings. The molecule has 6 heteroatoms. The Bertz CT molecular complexity index is 719. The Kier molecular flexibility index (Phi) is 6.03. The number of carbonyl (C=O) groups excluding carboxylic acids is 2. The second kappa shape index (κ2) is 8.21. The van der Waals surface area contributed by atoms with Crippen molar-refractivity contribution in [3.8, 4) is 0 Å². The maximum atomic E-state index is 13.1. The van der Waals surface area contributed by atoms with Crippen molar-refractivity contribution < 1.29 is 19.1 Å². The highest BCUT2D eigenvalue weighted by molar-refractivity contribution is 6.39. The zero-order chi connectivity index (χ0) is 17.5. The molecule has 2 amide bonds. The van der Waals surface area contributed by atoms with Gasteiger partial charge in [-0.2, -0.15) is 0 Å². The summed E-state index contributed by atoms with van der Waals surface area (Å²) in [4.78, 5) is 24.1.